The molecule has 3 nitrogen and oxygen atoms in total. The van der Waals surface area contributed by atoms with Crippen LogP contribution in [0.25, 0.3) is 0 Å². The van der Waals surface area contributed by atoms with Crippen molar-refractivity contribution in [2.75, 3.05) is 0 Å². The van der Waals surface area contributed by atoms with Crippen molar-refractivity contribution in [2.45, 2.75) is 12.9 Å². The van der Waals surface area contributed by atoms with Crippen molar-refractivity contribution in [1.82, 2.24) is 5.32 Å². The molecule has 0 bridgehead atoms. The van der Waals surface area contributed by atoms with Gasteiger partial charge < -0.3 is 10.1 Å². The highest BCUT2D eigenvalue weighted by Crippen LogP contribution is 2.24. The van der Waals surface area contributed by atoms with Gasteiger partial charge in [0.15, 0.2) is 0 Å². The van der Waals surface area contributed by atoms with Crippen LogP contribution in [-0.4, -0.2) is 12.3 Å². The molecule has 24 heavy (non-hydrogen) atoms. The number of halogens is 6. The molecule has 2 aromatic carbocycles. The average Bonchev–Trinajstić information content (AvgIpc) is 2.46. The molecule has 2 aromatic rings. The highest BCUT2D eigenvalue weighted by Gasteiger charge is 2.31. The van der Waals surface area contributed by atoms with E-state index in [-0.39, 0.29) is 11.1 Å². The van der Waals surface area contributed by atoms with Crippen LogP contribution in [0.2, 0.25) is 0 Å². The molecule has 0 radical (unpaired) electrons. The number of rotatable bonds is 4. The second kappa shape index (κ2) is 7.16. The number of hydrogen-bond acceptors (Lipinski definition) is 2. The highest BCUT2D eigenvalue weighted by molar-refractivity contribution is 9.10. The van der Waals surface area contributed by atoms with Gasteiger partial charge in [-0.25, -0.2) is 8.78 Å². The zero-order valence-corrected chi connectivity index (χ0v) is 13.3. The van der Waals surface area contributed by atoms with Gasteiger partial charge in [-0.1, -0.05) is 15.9 Å². The lowest BCUT2D eigenvalue weighted by Crippen LogP contribution is -2.24. The summed E-state index contributed by atoms with van der Waals surface area (Å²) in [7, 11) is 0. The molecule has 0 spiro atoms. The van der Waals surface area contributed by atoms with E-state index < -0.39 is 36.2 Å². The Morgan fingerprint density at radius 2 is 1.79 bits per heavy atom. The van der Waals surface area contributed by atoms with Crippen LogP contribution in [-0.2, 0) is 6.54 Å². The van der Waals surface area contributed by atoms with E-state index in [0.717, 1.165) is 24.3 Å². The van der Waals surface area contributed by atoms with Gasteiger partial charge in [0.05, 0.1) is 5.56 Å². The first-order valence-corrected chi connectivity index (χ1v) is 7.22. The molecule has 0 aromatic heterocycles. The van der Waals surface area contributed by atoms with E-state index >= 15 is 0 Å². The van der Waals surface area contributed by atoms with E-state index in [1.165, 1.54) is 12.1 Å². The van der Waals surface area contributed by atoms with Crippen LogP contribution in [0.1, 0.15) is 15.9 Å². The molecule has 0 fully saturated rings. The molecule has 0 unspecified atom stereocenters. The summed E-state index contributed by atoms with van der Waals surface area (Å²) in [5, 5.41) is 2.24. The Morgan fingerprint density at radius 1 is 1.08 bits per heavy atom. The SMILES string of the molecule is O=C(NCc1cc(OC(F)(F)F)ccc1F)c1ccc(Br)cc1F. The van der Waals surface area contributed by atoms with Crippen molar-refractivity contribution in [2.24, 2.45) is 0 Å². The summed E-state index contributed by atoms with van der Waals surface area (Å²) in [4.78, 5) is 11.9. The van der Waals surface area contributed by atoms with Crippen LogP contribution in [0.3, 0.4) is 0 Å². The van der Waals surface area contributed by atoms with E-state index in [4.69, 9.17) is 0 Å². The fourth-order valence-corrected chi connectivity index (χ4v) is 2.16. The maximum absolute atomic E-state index is 13.6. The van der Waals surface area contributed by atoms with Gasteiger partial charge in [0.25, 0.3) is 5.91 Å². The third-order valence-electron chi connectivity index (χ3n) is 2.87. The Hall–Kier alpha value is -2.16. The molecule has 1 N–H and O–H groups in total. The predicted octanol–water partition coefficient (Wildman–Crippen LogP) is 4.56. The van der Waals surface area contributed by atoms with Gasteiger partial charge in [-0.15, -0.1) is 13.2 Å². The minimum atomic E-state index is -4.92. The standard InChI is InChI=1S/C15H9BrF5NO2/c16-9-1-3-11(13(18)6-9)14(23)22-7-8-5-10(2-4-12(8)17)24-15(19,20)21/h1-6H,7H2,(H,22,23). The monoisotopic (exact) mass is 409 g/mol. The Balaban J connectivity index is 2.10. The lowest BCUT2D eigenvalue weighted by atomic mass is 10.1. The van der Waals surface area contributed by atoms with Gasteiger partial charge in [0, 0.05) is 16.6 Å². The second-order valence-electron chi connectivity index (χ2n) is 4.61. The van der Waals surface area contributed by atoms with Crippen molar-refractivity contribution in [1.29, 1.82) is 0 Å². The molecular formula is C15H9BrF5NO2. The van der Waals surface area contributed by atoms with Crippen LogP contribution in [0.5, 0.6) is 5.75 Å². The van der Waals surface area contributed by atoms with Crippen molar-refractivity contribution in [3.8, 4) is 5.75 Å². The molecule has 0 atom stereocenters. The van der Waals surface area contributed by atoms with Crippen molar-refractivity contribution >= 4 is 21.8 Å². The smallest absolute Gasteiger partial charge is 0.406 e. The zero-order chi connectivity index (χ0) is 17.9. The largest absolute Gasteiger partial charge is 0.573 e. The van der Waals surface area contributed by atoms with Crippen LogP contribution in [0.4, 0.5) is 22.0 Å². The van der Waals surface area contributed by atoms with Crippen LogP contribution >= 0.6 is 15.9 Å². The fraction of sp³-hybridized carbons (Fsp3) is 0.133. The summed E-state index contributed by atoms with van der Waals surface area (Å²) in [5.74, 6) is -3.08. The van der Waals surface area contributed by atoms with Crippen molar-refractivity contribution in [3.63, 3.8) is 0 Å². The first-order chi connectivity index (χ1) is 11.2. The van der Waals surface area contributed by atoms with E-state index in [1.807, 2.05) is 0 Å². The molecule has 0 heterocycles. The molecule has 2 rings (SSSR count). The van der Waals surface area contributed by atoms with Crippen LogP contribution in [0.15, 0.2) is 40.9 Å². The fourth-order valence-electron chi connectivity index (χ4n) is 1.83. The first kappa shape index (κ1) is 18.2. The topological polar surface area (TPSA) is 38.3 Å². The zero-order valence-electron chi connectivity index (χ0n) is 11.8. The van der Waals surface area contributed by atoms with Gasteiger partial charge >= 0.3 is 6.36 Å². The summed E-state index contributed by atoms with van der Waals surface area (Å²) in [6.45, 7) is -0.435. The highest BCUT2D eigenvalue weighted by atomic mass is 79.9. The molecule has 0 aliphatic carbocycles. The average molecular weight is 410 g/mol. The lowest BCUT2D eigenvalue weighted by Gasteiger charge is -2.11. The Morgan fingerprint density at radius 3 is 2.42 bits per heavy atom. The third-order valence-corrected chi connectivity index (χ3v) is 3.36. The molecule has 0 aliphatic rings. The number of nitrogens with one attached hydrogen (secondary N) is 1. The summed E-state index contributed by atoms with van der Waals surface area (Å²) in [5.41, 5.74) is -0.510. The Kier molecular flexibility index (Phi) is 5.43. The lowest BCUT2D eigenvalue weighted by molar-refractivity contribution is -0.274. The quantitative estimate of drug-likeness (QED) is 0.751. The van der Waals surface area contributed by atoms with Gasteiger partial charge in [0.1, 0.15) is 17.4 Å². The molecule has 1 amide bonds. The Labute approximate surface area is 141 Å². The number of carbonyl (C=O) groups is 1. The molecule has 128 valence electrons. The van der Waals surface area contributed by atoms with Gasteiger partial charge in [-0.05, 0) is 36.4 Å². The summed E-state index contributed by atoms with van der Waals surface area (Å²) < 4.78 is 67.8. The number of amides is 1. The van der Waals surface area contributed by atoms with Crippen molar-refractivity contribution < 1.29 is 31.5 Å². The van der Waals surface area contributed by atoms with E-state index in [9.17, 15) is 26.7 Å². The minimum absolute atomic E-state index is 0.234. The second-order valence-corrected chi connectivity index (χ2v) is 5.52. The molecule has 0 saturated heterocycles. The van der Waals surface area contributed by atoms with E-state index in [0.29, 0.717) is 4.47 Å². The Bertz CT molecular complexity index is 764. The summed E-state index contributed by atoms with van der Waals surface area (Å²) >= 11 is 3.04. The predicted molar refractivity (Wildman–Crippen MR) is 78.4 cm³/mol. The number of alkyl halides is 3. The van der Waals surface area contributed by atoms with Crippen molar-refractivity contribution in [3.05, 3.63) is 63.6 Å². The van der Waals surface area contributed by atoms with Gasteiger partial charge in [-0.2, -0.15) is 0 Å². The normalized spacial score (nSPS) is 11.2. The number of carbonyl (C=O) groups excluding carboxylic acids is 1. The molecule has 9 heteroatoms. The van der Waals surface area contributed by atoms with Crippen LogP contribution < -0.4 is 10.1 Å². The third kappa shape index (κ3) is 4.92. The number of hydrogen-bond donors (Lipinski definition) is 1. The van der Waals surface area contributed by atoms with E-state index in [1.54, 1.807) is 0 Å². The van der Waals surface area contributed by atoms with E-state index in [2.05, 4.69) is 26.0 Å². The summed E-state index contributed by atoms with van der Waals surface area (Å²) in [6.07, 6.45) is -4.92. The van der Waals surface area contributed by atoms with Gasteiger partial charge in [-0.3, -0.25) is 4.79 Å². The van der Waals surface area contributed by atoms with Crippen LogP contribution in [0, 0.1) is 11.6 Å². The maximum atomic E-state index is 13.6. The number of ether oxygens (including phenoxy) is 1. The molecule has 0 aliphatic heterocycles. The number of benzene rings is 2. The molecule has 0 saturated carbocycles. The maximum Gasteiger partial charge on any atom is 0.573 e. The molecular weight excluding hydrogens is 401 g/mol. The minimum Gasteiger partial charge on any atom is -0.406 e. The van der Waals surface area contributed by atoms with Gasteiger partial charge in [0.2, 0.25) is 0 Å². The first-order valence-electron chi connectivity index (χ1n) is 6.43. The summed E-state index contributed by atoms with van der Waals surface area (Å²) in [6, 6.07) is 6.13.